The number of carbonyl (C=O) groups excluding carboxylic acids is 1. The van der Waals surface area contributed by atoms with Gasteiger partial charge in [0.1, 0.15) is 11.4 Å². The van der Waals surface area contributed by atoms with E-state index in [2.05, 4.69) is 43.9 Å². The molecule has 6 heteroatoms. The van der Waals surface area contributed by atoms with Crippen LogP contribution in [0.4, 0.5) is 0 Å². The van der Waals surface area contributed by atoms with Crippen LogP contribution in [-0.2, 0) is 18.4 Å². The van der Waals surface area contributed by atoms with Gasteiger partial charge in [0.15, 0.2) is 0 Å². The molecular weight excluding hydrogens is 462 g/mol. The summed E-state index contributed by atoms with van der Waals surface area (Å²) in [6.07, 6.45) is 7.93. The Kier molecular flexibility index (Phi) is 5.65. The fourth-order valence-corrected chi connectivity index (χ4v) is 7.57. The van der Waals surface area contributed by atoms with Crippen molar-refractivity contribution in [1.29, 1.82) is 0 Å². The maximum absolute atomic E-state index is 14.0. The van der Waals surface area contributed by atoms with Crippen molar-refractivity contribution >= 4 is 5.91 Å². The van der Waals surface area contributed by atoms with Crippen LogP contribution in [0.5, 0.6) is 5.75 Å². The van der Waals surface area contributed by atoms with Crippen molar-refractivity contribution in [2.75, 3.05) is 20.6 Å². The number of hydrogen-bond donors (Lipinski definition) is 1. The number of aromatic nitrogens is 1. The van der Waals surface area contributed by atoms with Crippen LogP contribution < -0.4 is 10.3 Å². The monoisotopic (exact) mass is 503 g/mol. The van der Waals surface area contributed by atoms with Gasteiger partial charge in [0.2, 0.25) is 0 Å². The third-order valence-corrected chi connectivity index (χ3v) is 10.0. The highest BCUT2D eigenvalue weighted by atomic mass is 16.5. The molecule has 1 aromatic heterocycles. The topological polar surface area (TPSA) is 65.6 Å². The van der Waals surface area contributed by atoms with Crippen molar-refractivity contribution in [3.05, 3.63) is 61.6 Å². The van der Waals surface area contributed by atoms with Crippen LogP contribution in [0.15, 0.2) is 16.9 Å². The summed E-state index contributed by atoms with van der Waals surface area (Å²) in [5, 5.41) is 0. The SMILES string of the molecule is Cc1cc(C)c(CN2CC3(CC3)c3cc4c(c(C)c3C2=O)O[C@@](C)(C2CCC(N(C)C)CC2)C4)c(=O)[nH]1. The zero-order valence-electron chi connectivity index (χ0n) is 23.3. The molecule has 3 heterocycles. The second kappa shape index (κ2) is 8.45. The predicted molar refractivity (Wildman–Crippen MR) is 146 cm³/mol. The van der Waals surface area contributed by atoms with Crippen LogP contribution in [0, 0.1) is 26.7 Å². The lowest BCUT2D eigenvalue weighted by Gasteiger charge is -2.40. The van der Waals surface area contributed by atoms with E-state index in [0.717, 1.165) is 47.4 Å². The van der Waals surface area contributed by atoms with Crippen molar-refractivity contribution < 1.29 is 9.53 Å². The van der Waals surface area contributed by atoms with E-state index in [9.17, 15) is 9.59 Å². The number of fused-ring (bicyclic) bond motifs is 3. The number of rotatable bonds is 4. The number of benzene rings is 1. The highest BCUT2D eigenvalue weighted by Gasteiger charge is 2.54. The Balaban J connectivity index is 1.31. The van der Waals surface area contributed by atoms with E-state index < -0.39 is 0 Å². The van der Waals surface area contributed by atoms with Crippen LogP contribution in [0.1, 0.15) is 89.3 Å². The van der Waals surface area contributed by atoms with E-state index in [-0.39, 0.29) is 22.5 Å². The van der Waals surface area contributed by atoms with Gasteiger partial charge in [-0.3, -0.25) is 9.59 Å². The molecule has 2 fully saturated rings. The molecule has 0 saturated heterocycles. The van der Waals surface area contributed by atoms with Crippen LogP contribution in [0.3, 0.4) is 0 Å². The van der Waals surface area contributed by atoms with Crippen molar-refractivity contribution in [3.63, 3.8) is 0 Å². The number of carbonyl (C=O) groups is 1. The number of amides is 1. The summed E-state index contributed by atoms with van der Waals surface area (Å²) in [4.78, 5) is 33.9. The molecule has 4 aliphatic rings. The number of hydrogen-bond acceptors (Lipinski definition) is 4. The van der Waals surface area contributed by atoms with Gasteiger partial charge in [-0.1, -0.05) is 6.07 Å². The molecule has 2 saturated carbocycles. The number of nitrogens with zero attached hydrogens (tertiary/aromatic N) is 2. The summed E-state index contributed by atoms with van der Waals surface area (Å²) in [6, 6.07) is 4.98. The first kappa shape index (κ1) is 24.7. The fourth-order valence-electron chi connectivity index (χ4n) is 7.57. The van der Waals surface area contributed by atoms with E-state index in [1.165, 1.54) is 36.8 Å². The maximum Gasteiger partial charge on any atom is 0.254 e. The van der Waals surface area contributed by atoms with E-state index in [1.54, 1.807) is 0 Å². The molecule has 1 spiro atoms. The summed E-state index contributed by atoms with van der Waals surface area (Å²) in [7, 11) is 4.37. The molecule has 1 atom stereocenters. The van der Waals surface area contributed by atoms with Gasteiger partial charge in [-0.15, -0.1) is 0 Å². The van der Waals surface area contributed by atoms with Gasteiger partial charge in [-0.2, -0.15) is 0 Å². The average Bonchev–Trinajstić information content (AvgIpc) is 3.52. The Hall–Kier alpha value is -2.60. The number of H-pyrrole nitrogens is 1. The van der Waals surface area contributed by atoms with Crippen LogP contribution in [0.25, 0.3) is 0 Å². The Labute approximate surface area is 220 Å². The highest BCUT2D eigenvalue weighted by molar-refractivity contribution is 6.00. The van der Waals surface area contributed by atoms with Crippen LogP contribution in [-0.4, -0.2) is 53.0 Å². The minimum Gasteiger partial charge on any atom is -0.486 e. The zero-order valence-corrected chi connectivity index (χ0v) is 23.3. The summed E-state index contributed by atoms with van der Waals surface area (Å²) in [5.41, 5.74) is 6.54. The maximum atomic E-state index is 14.0. The summed E-state index contributed by atoms with van der Waals surface area (Å²) in [5.74, 6) is 1.51. The van der Waals surface area contributed by atoms with Crippen molar-refractivity contribution in [3.8, 4) is 5.75 Å². The first-order valence-corrected chi connectivity index (χ1v) is 14.0. The van der Waals surface area contributed by atoms with E-state index in [1.807, 2.05) is 24.8 Å². The van der Waals surface area contributed by atoms with Gasteiger partial charge in [0, 0.05) is 46.8 Å². The number of nitrogens with one attached hydrogen (secondary N) is 1. The molecule has 2 aliphatic heterocycles. The minimum atomic E-state index is -0.208. The summed E-state index contributed by atoms with van der Waals surface area (Å²) < 4.78 is 6.83. The lowest BCUT2D eigenvalue weighted by atomic mass is 9.74. The van der Waals surface area contributed by atoms with Gasteiger partial charge in [0.05, 0.1) is 6.54 Å². The quantitative estimate of drug-likeness (QED) is 0.651. The Morgan fingerprint density at radius 1 is 1.08 bits per heavy atom. The Bertz CT molecular complexity index is 1330. The van der Waals surface area contributed by atoms with E-state index in [4.69, 9.17) is 4.74 Å². The molecule has 2 aliphatic carbocycles. The molecule has 1 amide bonds. The molecule has 198 valence electrons. The van der Waals surface area contributed by atoms with E-state index in [0.29, 0.717) is 30.6 Å². The molecule has 0 bridgehead atoms. The molecule has 1 N–H and O–H groups in total. The van der Waals surface area contributed by atoms with Gasteiger partial charge in [0.25, 0.3) is 11.5 Å². The van der Waals surface area contributed by atoms with Crippen molar-refractivity contribution in [2.24, 2.45) is 5.92 Å². The normalized spacial score (nSPS) is 27.9. The highest BCUT2D eigenvalue weighted by Crippen LogP contribution is 2.56. The molecule has 6 nitrogen and oxygen atoms in total. The molecular formula is C31H41N3O3. The third kappa shape index (κ3) is 3.94. The van der Waals surface area contributed by atoms with Crippen LogP contribution in [0.2, 0.25) is 0 Å². The van der Waals surface area contributed by atoms with Gasteiger partial charge < -0.3 is 19.5 Å². The number of ether oxygens (including phenoxy) is 1. The molecule has 1 aromatic carbocycles. The second-order valence-electron chi connectivity index (χ2n) is 12.9. The molecule has 37 heavy (non-hydrogen) atoms. The molecule has 0 unspecified atom stereocenters. The molecule has 2 aromatic rings. The van der Waals surface area contributed by atoms with Crippen LogP contribution >= 0.6 is 0 Å². The average molecular weight is 504 g/mol. The lowest BCUT2D eigenvalue weighted by molar-refractivity contribution is 0.0157. The zero-order chi connectivity index (χ0) is 26.3. The molecule has 0 radical (unpaired) electrons. The lowest BCUT2D eigenvalue weighted by Crippen LogP contribution is -2.44. The first-order chi connectivity index (χ1) is 17.5. The van der Waals surface area contributed by atoms with Gasteiger partial charge in [-0.25, -0.2) is 0 Å². The minimum absolute atomic E-state index is 0.0250. The van der Waals surface area contributed by atoms with Gasteiger partial charge in [-0.05, 0) is 109 Å². The first-order valence-electron chi connectivity index (χ1n) is 14.0. The Morgan fingerprint density at radius 2 is 1.78 bits per heavy atom. The van der Waals surface area contributed by atoms with Gasteiger partial charge >= 0.3 is 0 Å². The number of aromatic amines is 1. The second-order valence-corrected chi connectivity index (χ2v) is 12.9. The largest absolute Gasteiger partial charge is 0.486 e. The Morgan fingerprint density at radius 3 is 2.41 bits per heavy atom. The number of aryl methyl sites for hydroxylation is 2. The summed E-state index contributed by atoms with van der Waals surface area (Å²) >= 11 is 0. The smallest absolute Gasteiger partial charge is 0.254 e. The standard InChI is InChI=1S/C31H41N3O3/c1-18-13-19(2)32-28(35)24(18)16-34-17-31(11-12-31)25-14-21-15-30(4,22-7-9-23(10-8-22)33(5)6)37-27(21)20(3)26(25)29(34)36/h13-14,22-23H,7-12,15-17H2,1-6H3,(H,32,35)/t22?,23?,30-/m1/s1. The van der Waals surface area contributed by atoms with E-state index >= 15 is 0 Å². The third-order valence-electron chi connectivity index (χ3n) is 10.0. The summed E-state index contributed by atoms with van der Waals surface area (Å²) in [6.45, 7) is 9.27. The predicted octanol–water partition coefficient (Wildman–Crippen LogP) is 4.80. The fraction of sp³-hybridized carbons (Fsp3) is 0.613. The number of pyridine rings is 1. The van der Waals surface area contributed by atoms with Crippen molar-refractivity contribution in [2.45, 2.75) is 96.2 Å². The molecule has 6 rings (SSSR count). The van der Waals surface area contributed by atoms with Crippen molar-refractivity contribution in [1.82, 2.24) is 14.8 Å².